The number of hydrogen-bond acceptors (Lipinski definition) is 4. The molecule has 1 fully saturated rings. The van der Waals surface area contributed by atoms with Crippen LogP contribution < -0.4 is 15.0 Å². The number of alkyl halides is 3. The van der Waals surface area contributed by atoms with Gasteiger partial charge in [-0.2, -0.15) is 0 Å². The van der Waals surface area contributed by atoms with E-state index in [1.54, 1.807) is 31.2 Å². The van der Waals surface area contributed by atoms with E-state index >= 15 is 0 Å². The number of halogens is 3. The number of thioether (sulfide) groups is 1. The van der Waals surface area contributed by atoms with Crippen molar-refractivity contribution in [2.75, 3.05) is 0 Å². The molecule has 9 heteroatoms. The minimum Gasteiger partial charge on any atom is -0.457 e. The molecule has 0 unspecified atom stereocenters. The second-order valence-electron chi connectivity index (χ2n) is 7.82. The molecule has 1 aliphatic rings. The largest absolute Gasteiger partial charge is 0.573 e. The first kappa shape index (κ1) is 21.5. The average molecular weight is 472 g/mol. The standard InChI is InChI=1S/C24H19F3N2O3S/c1-29-13-20(18-10-11-28-22(18)23(29)30)19-12-17(33-16-6-7-16)8-9-21(19)31-14-2-4-15(5-3-14)32-24(25,26)27/h2-5,8-13,16,28H,6-7H2,1H3. The first-order valence-corrected chi connectivity index (χ1v) is 11.2. The van der Waals surface area contributed by atoms with Gasteiger partial charge in [0.2, 0.25) is 0 Å². The van der Waals surface area contributed by atoms with Gasteiger partial charge in [0, 0.05) is 46.1 Å². The predicted octanol–water partition coefficient (Wildman–Crippen LogP) is 6.48. The molecule has 0 aliphatic heterocycles. The Labute approximate surface area is 191 Å². The van der Waals surface area contributed by atoms with Gasteiger partial charge in [0.15, 0.2) is 0 Å². The third kappa shape index (κ3) is 4.73. The van der Waals surface area contributed by atoms with Crippen molar-refractivity contribution in [3.8, 4) is 28.4 Å². The third-order valence-electron chi connectivity index (χ3n) is 5.25. The summed E-state index contributed by atoms with van der Waals surface area (Å²) in [6.45, 7) is 0. The zero-order chi connectivity index (χ0) is 23.2. The Kier molecular flexibility index (Phi) is 5.36. The van der Waals surface area contributed by atoms with Gasteiger partial charge in [-0.3, -0.25) is 4.79 Å². The molecule has 2 aromatic heterocycles. The summed E-state index contributed by atoms with van der Waals surface area (Å²) in [5.41, 5.74) is 1.97. The van der Waals surface area contributed by atoms with E-state index in [0.717, 1.165) is 21.4 Å². The zero-order valence-corrected chi connectivity index (χ0v) is 18.3. The lowest BCUT2D eigenvalue weighted by Gasteiger charge is -2.15. The van der Waals surface area contributed by atoms with Gasteiger partial charge in [0.1, 0.15) is 22.8 Å². The summed E-state index contributed by atoms with van der Waals surface area (Å²) in [7, 11) is 1.69. The lowest BCUT2D eigenvalue weighted by molar-refractivity contribution is -0.274. The number of fused-ring (bicyclic) bond motifs is 1. The van der Waals surface area contributed by atoms with E-state index < -0.39 is 6.36 Å². The summed E-state index contributed by atoms with van der Waals surface area (Å²) >= 11 is 1.80. The van der Waals surface area contributed by atoms with E-state index in [2.05, 4.69) is 9.72 Å². The first-order chi connectivity index (χ1) is 15.8. The van der Waals surface area contributed by atoms with Gasteiger partial charge in [0.25, 0.3) is 5.56 Å². The highest BCUT2D eigenvalue weighted by Crippen LogP contribution is 2.44. The van der Waals surface area contributed by atoms with Crippen molar-refractivity contribution in [1.29, 1.82) is 0 Å². The van der Waals surface area contributed by atoms with Gasteiger partial charge in [-0.25, -0.2) is 0 Å². The molecule has 0 atom stereocenters. The first-order valence-electron chi connectivity index (χ1n) is 10.3. The quantitative estimate of drug-likeness (QED) is 0.349. The molecule has 4 aromatic rings. The Morgan fingerprint density at radius 1 is 1.03 bits per heavy atom. The number of nitrogens with zero attached hydrogens (tertiary/aromatic N) is 1. The van der Waals surface area contributed by atoms with Crippen LogP contribution in [0.1, 0.15) is 12.8 Å². The number of ether oxygens (including phenoxy) is 2. The molecule has 1 saturated carbocycles. The predicted molar refractivity (Wildman–Crippen MR) is 121 cm³/mol. The van der Waals surface area contributed by atoms with Crippen molar-refractivity contribution in [3.05, 3.63) is 71.3 Å². The van der Waals surface area contributed by atoms with E-state index in [9.17, 15) is 18.0 Å². The van der Waals surface area contributed by atoms with Gasteiger partial charge in [-0.05, 0) is 61.4 Å². The lowest BCUT2D eigenvalue weighted by Crippen LogP contribution is -2.16. The molecule has 1 N–H and O–H groups in total. The molecular formula is C24H19F3N2O3S. The summed E-state index contributed by atoms with van der Waals surface area (Å²) in [4.78, 5) is 16.6. The van der Waals surface area contributed by atoms with Crippen LogP contribution in [0.3, 0.4) is 0 Å². The van der Waals surface area contributed by atoms with E-state index in [0.29, 0.717) is 22.3 Å². The second-order valence-corrected chi connectivity index (χ2v) is 9.20. The minimum absolute atomic E-state index is 0.134. The molecule has 33 heavy (non-hydrogen) atoms. The maximum absolute atomic E-state index is 12.5. The van der Waals surface area contributed by atoms with Gasteiger partial charge >= 0.3 is 6.36 Å². The highest BCUT2D eigenvalue weighted by Gasteiger charge is 2.31. The molecule has 0 amide bonds. The van der Waals surface area contributed by atoms with Gasteiger partial charge < -0.3 is 19.0 Å². The van der Waals surface area contributed by atoms with Crippen LogP contribution in [0.2, 0.25) is 0 Å². The number of aromatic amines is 1. The molecular weight excluding hydrogens is 453 g/mol. The summed E-state index contributed by atoms with van der Waals surface area (Å²) in [5, 5.41) is 1.38. The number of rotatable bonds is 6. The van der Waals surface area contributed by atoms with Crippen LogP contribution in [0, 0.1) is 0 Å². The Hall–Kier alpha value is -3.33. The molecule has 0 spiro atoms. The Morgan fingerprint density at radius 2 is 1.76 bits per heavy atom. The normalized spacial score (nSPS) is 13.9. The van der Waals surface area contributed by atoms with Crippen molar-refractivity contribution in [3.63, 3.8) is 0 Å². The van der Waals surface area contributed by atoms with Gasteiger partial charge in [-0.15, -0.1) is 24.9 Å². The fourth-order valence-corrected chi connectivity index (χ4v) is 4.67. The fraction of sp³-hybridized carbons (Fsp3) is 0.208. The topological polar surface area (TPSA) is 56.2 Å². The van der Waals surface area contributed by atoms with Crippen LogP contribution >= 0.6 is 11.8 Å². The Bertz CT molecular complexity index is 1370. The highest BCUT2D eigenvalue weighted by molar-refractivity contribution is 8.00. The van der Waals surface area contributed by atoms with Crippen LogP contribution in [0.15, 0.2) is 70.6 Å². The molecule has 0 radical (unpaired) electrons. The van der Waals surface area contributed by atoms with Crippen molar-refractivity contribution < 1.29 is 22.6 Å². The number of aromatic nitrogens is 2. The number of pyridine rings is 1. The Morgan fingerprint density at radius 3 is 2.45 bits per heavy atom. The molecule has 2 heterocycles. The average Bonchev–Trinajstić information content (AvgIpc) is 3.43. The molecule has 5 nitrogen and oxygen atoms in total. The highest BCUT2D eigenvalue weighted by atomic mass is 32.2. The van der Waals surface area contributed by atoms with E-state index in [-0.39, 0.29) is 11.3 Å². The maximum atomic E-state index is 12.5. The third-order valence-corrected chi connectivity index (χ3v) is 6.58. The summed E-state index contributed by atoms with van der Waals surface area (Å²) in [5.74, 6) is 0.572. The van der Waals surface area contributed by atoms with Crippen molar-refractivity contribution in [2.24, 2.45) is 7.05 Å². The molecule has 170 valence electrons. The van der Waals surface area contributed by atoms with Crippen molar-refractivity contribution in [1.82, 2.24) is 9.55 Å². The molecule has 1 aliphatic carbocycles. The van der Waals surface area contributed by atoms with Gasteiger partial charge in [-0.1, -0.05) is 0 Å². The molecule has 5 rings (SSSR count). The fourth-order valence-electron chi connectivity index (χ4n) is 3.58. The lowest BCUT2D eigenvalue weighted by atomic mass is 10.0. The van der Waals surface area contributed by atoms with Crippen LogP contribution in [-0.2, 0) is 7.05 Å². The number of hydrogen-bond donors (Lipinski definition) is 1. The van der Waals surface area contributed by atoms with Gasteiger partial charge in [0.05, 0.1) is 0 Å². The summed E-state index contributed by atoms with van der Waals surface area (Å²) in [6, 6.07) is 13.0. The van der Waals surface area contributed by atoms with Crippen LogP contribution in [0.25, 0.3) is 22.0 Å². The number of aryl methyl sites for hydroxylation is 1. The monoisotopic (exact) mass is 472 g/mol. The minimum atomic E-state index is -4.75. The zero-order valence-electron chi connectivity index (χ0n) is 17.5. The van der Waals surface area contributed by atoms with E-state index in [1.807, 2.05) is 24.3 Å². The number of benzene rings is 2. The molecule has 0 saturated heterocycles. The molecule has 0 bridgehead atoms. The maximum Gasteiger partial charge on any atom is 0.573 e. The number of nitrogens with one attached hydrogen (secondary N) is 1. The van der Waals surface area contributed by atoms with Crippen LogP contribution in [-0.4, -0.2) is 21.2 Å². The van der Waals surface area contributed by atoms with Crippen molar-refractivity contribution in [2.45, 2.75) is 29.3 Å². The summed E-state index contributed by atoms with van der Waals surface area (Å²) in [6.07, 6.45) is 1.11. The van der Waals surface area contributed by atoms with E-state index in [4.69, 9.17) is 4.74 Å². The smallest absolute Gasteiger partial charge is 0.457 e. The molecule has 2 aromatic carbocycles. The SMILES string of the molecule is Cn1cc(-c2cc(SC3CC3)ccc2Oc2ccc(OC(F)(F)F)cc2)c2cc[nH]c2c1=O. The second kappa shape index (κ2) is 8.22. The Balaban J connectivity index is 1.55. The van der Waals surface area contributed by atoms with Crippen molar-refractivity contribution >= 4 is 22.7 Å². The van der Waals surface area contributed by atoms with Crippen LogP contribution in [0.4, 0.5) is 13.2 Å². The van der Waals surface area contributed by atoms with Crippen LogP contribution in [0.5, 0.6) is 17.2 Å². The summed E-state index contributed by atoms with van der Waals surface area (Å²) < 4.78 is 48.8. The van der Waals surface area contributed by atoms with E-state index in [1.165, 1.54) is 41.7 Å². The number of H-pyrrole nitrogens is 1.